The van der Waals surface area contributed by atoms with Crippen LogP contribution in [0.5, 0.6) is 0 Å². The van der Waals surface area contributed by atoms with E-state index in [1.165, 1.54) is 10.6 Å². The van der Waals surface area contributed by atoms with Crippen LogP contribution in [0.15, 0.2) is 35.8 Å². The summed E-state index contributed by atoms with van der Waals surface area (Å²) in [6.45, 7) is 3.16. The second kappa shape index (κ2) is 6.88. The highest BCUT2D eigenvalue weighted by Crippen LogP contribution is 2.12. The van der Waals surface area contributed by atoms with Crippen LogP contribution in [0.3, 0.4) is 0 Å². The summed E-state index contributed by atoms with van der Waals surface area (Å²) in [4.78, 5) is 4.27. The first kappa shape index (κ1) is 13.5. The number of aromatic nitrogens is 1. The van der Waals surface area contributed by atoms with Crippen molar-refractivity contribution in [1.29, 1.82) is 0 Å². The lowest BCUT2D eigenvalue weighted by Gasteiger charge is -2.13. The van der Waals surface area contributed by atoms with Crippen LogP contribution in [0.1, 0.15) is 17.5 Å². The zero-order chi connectivity index (χ0) is 12.8. The van der Waals surface area contributed by atoms with Gasteiger partial charge in [-0.05, 0) is 31.0 Å². The van der Waals surface area contributed by atoms with Gasteiger partial charge in [0.1, 0.15) is 0 Å². The molecule has 4 heteroatoms. The molecule has 2 nitrogen and oxygen atoms in total. The van der Waals surface area contributed by atoms with Gasteiger partial charge in [0.15, 0.2) is 0 Å². The molecular weight excluding hydrogens is 264 g/mol. The van der Waals surface area contributed by atoms with Crippen molar-refractivity contribution >= 4 is 22.9 Å². The van der Waals surface area contributed by atoms with Gasteiger partial charge in [0.05, 0.1) is 5.01 Å². The molecule has 1 heterocycles. The quantitative estimate of drug-likeness (QED) is 0.875. The Morgan fingerprint density at radius 2 is 2.33 bits per heavy atom. The molecule has 0 amide bonds. The number of thiazole rings is 1. The van der Waals surface area contributed by atoms with E-state index in [1.54, 1.807) is 11.3 Å². The van der Waals surface area contributed by atoms with Crippen molar-refractivity contribution in [3.8, 4) is 0 Å². The molecule has 0 aliphatic heterocycles. The lowest BCUT2D eigenvalue weighted by atomic mass is 10.1. The number of nitrogens with zero attached hydrogens (tertiary/aromatic N) is 1. The lowest BCUT2D eigenvalue weighted by Crippen LogP contribution is -2.29. The van der Waals surface area contributed by atoms with Crippen LogP contribution in [0.2, 0.25) is 5.02 Å². The van der Waals surface area contributed by atoms with E-state index < -0.39 is 0 Å². The Labute approximate surface area is 117 Å². The fourth-order valence-electron chi connectivity index (χ4n) is 1.89. The molecule has 1 aromatic heterocycles. The second-order valence-electron chi connectivity index (χ2n) is 4.37. The monoisotopic (exact) mass is 280 g/mol. The van der Waals surface area contributed by atoms with E-state index in [1.807, 2.05) is 29.8 Å². The van der Waals surface area contributed by atoms with Gasteiger partial charge in [0.25, 0.3) is 0 Å². The van der Waals surface area contributed by atoms with Crippen LogP contribution in [0.25, 0.3) is 0 Å². The predicted octanol–water partition coefficient (Wildman–Crippen LogP) is 3.56. The Morgan fingerprint density at radius 1 is 1.44 bits per heavy atom. The standard InChI is InChI=1S/C14H17ClN2S/c1-11(9-12-3-2-4-13(15)10-12)16-6-5-14-17-7-8-18-14/h2-4,7-8,10-11,16H,5-6,9H2,1H3/t11-/m0/s1. The van der Waals surface area contributed by atoms with E-state index in [9.17, 15) is 0 Å². The molecule has 0 spiro atoms. The normalized spacial score (nSPS) is 12.6. The smallest absolute Gasteiger partial charge is 0.0937 e. The molecule has 0 unspecified atom stereocenters. The maximum absolute atomic E-state index is 5.97. The van der Waals surface area contributed by atoms with E-state index in [4.69, 9.17) is 11.6 Å². The molecule has 18 heavy (non-hydrogen) atoms. The van der Waals surface area contributed by atoms with Gasteiger partial charge in [-0.3, -0.25) is 0 Å². The summed E-state index contributed by atoms with van der Waals surface area (Å²) in [5.41, 5.74) is 1.27. The highest BCUT2D eigenvalue weighted by molar-refractivity contribution is 7.09. The van der Waals surface area contributed by atoms with Crippen LogP contribution in [0, 0.1) is 0 Å². The Morgan fingerprint density at radius 3 is 3.06 bits per heavy atom. The molecule has 0 saturated heterocycles. The van der Waals surface area contributed by atoms with Crippen molar-refractivity contribution in [2.45, 2.75) is 25.8 Å². The first-order valence-electron chi connectivity index (χ1n) is 6.10. The van der Waals surface area contributed by atoms with E-state index in [0.717, 1.165) is 24.4 Å². The van der Waals surface area contributed by atoms with Crippen LogP contribution in [0.4, 0.5) is 0 Å². The molecular formula is C14H17ClN2S. The molecule has 96 valence electrons. The van der Waals surface area contributed by atoms with Gasteiger partial charge in [-0.15, -0.1) is 11.3 Å². The second-order valence-corrected chi connectivity index (χ2v) is 5.78. The summed E-state index contributed by atoms with van der Waals surface area (Å²) in [7, 11) is 0. The third kappa shape index (κ3) is 4.41. The SMILES string of the molecule is C[C@@H](Cc1cccc(Cl)c1)NCCc1nccs1. The molecule has 0 aliphatic rings. The Bertz CT molecular complexity index is 470. The summed E-state index contributed by atoms with van der Waals surface area (Å²) in [5.74, 6) is 0. The number of halogens is 1. The van der Waals surface area contributed by atoms with Crippen molar-refractivity contribution in [3.63, 3.8) is 0 Å². The van der Waals surface area contributed by atoms with Crippen LogP contribution >= 0.6 is 22.9 Å². The third-order valence-electron chi connectivity index (χ3n) is 2.75. The average molecular weight is 281 g/mol. The predicted molar refractivity (Wildman–Crippen MR) is 78.4 cm³/mol. The fourth-order valence-corrected chi connectivity index (χ4v) is 2.72. The lowest BCUT2D eigenvalue weighted by molar-refractivity contribution is 0.548. The van der Waals surface area contributed by atoms with Gasteiger partial charge in [0, 0.05) is 35.6 Å². The fraction of sp³-hybridized carbons (Fsp3) is 0.357. The maximum atomic E-state index is 5.97. The van der Waals surface area contributed by atoms with Crippen LogP contribution < -0.4 is 5.32 Å². The highest BCUT2D eigenvalue weighted by Gasteiger charge is 2.04. The molecule has 2 rings (SSSR count). The van der Waals surface area contributed by atoms with E-state index in [-0.39, 0.29) is 0 Å². The van der Waals surface area contributed by atoms with E-state index in [0.29, 0.717) is 6.04 Å². The van der Waals surface area contributed by atoms with Gasteiger partial charge in [-0.1, -0.05) is 23.7 Å². The van der Waals surface area contributed by atoms with Crippen molar-refractivity contribution in [3.05, 3.63) is 51.4 Å². The average Bonchev–Trinajstić information content (AvgIpc) is 2.82. The molecule has 1 N–H and O–H groups in total. The molecule has 1 aromatic carbocycles. The first-order valence-corrected chi connectivity index (χ1v) is 7.36. The van der Waals surface area contributed by atoms with Gasteiger partial charge in [0.2, 0.25) is 0 Å². The van der Waals surface area contributed by atoms with Gasteiger partial charge in [-0.2, -0.15) is 0 Å². The van der Waals surface area contributed by atoms with Gasteiger partial charge >= 0.3 is 0 Å². The third-order valence-corrected chi connectivity index (χ3v) is 3.82. The van der Waals surface area contributed by atoms with Gasteiger partial charge in [-0.25, -0.2) is 4.98 Å². The summed E-state index contributed by atoms with van der Waals surface area (Å²) in [5, 5.41) is 7.53. The van der Waals surface area contributed by atoms with Crippen molar-refractivity contribution in [2.24, 2.45) is 0 Å². The molecule has 0 radical (unpaired) electrons. The summed E-state index contributed by atoms with van der Waals surface area (Å²) >= 11 is 7.68. The molecule has 2 aromatic rings. The van der Waals surface area contributed by atoms with Crippen LogP contribution in [-0.4, -0.2) is 17.6 Å². The van der Waals surface area contributed by atoms with Crippen LogP contribution in [-0.2, 0) is 12.8 Å². The Hall–Kier alpha value is -0.900. The number of hydrogen-bond acceptors (Lipinski definition) is 3. The number of benzene rings is 1. The van der Waals surface area contributed by atoms with Gasteiger partial charge < -0.3 is 5.32 Å². The minimum atomic E-state index is 0.448. The van der Waals surface area contributed by atoms with Crippen molar-refractivity contribution < 1.29 is 0 Å². The molecule has 0 fully saturated rings. The van der Waals surface area contributed by atoms with E-state index >= 15 is 0 Å². The van der Waals surface area contributed by atoms with E-state index in [2.05, 4.69) is 23.3 Å². The summed E-state index contributed by atoms with van der Waals surface area (Å²) in [6, 6.07) is 8.50. The first-order chi connectivity index (χ1) is 8.74. The maximum Gasteiger partial charge on any atom is 0.0937 e. The van der Waals surface area contributed by atoms with Crippen molar-refractivity contribution in [1.82, 2.24) is 10.3 Å². The number of rotatable bonds is 6. The largest absolute Gasteiger partial charge is 0.314 e. The summed E-state index contributed by atoms with van der Waals surface area (Å²) in [6.07, 6.45) is 3.85. The van der Waals surface area contributed by atoms with Crippen molar-refractivity contribution in [2.75, 3.05) is 6.54 Å². The highest BCUT2D eigenvalue weighted by atomic mass is 35.5. The minimum Gasteiger partial charge on any atom is -0.314 e. The summed E-state index contributed by atoms with van der Waals surface area (Å²) < 4.78 is 0. The Kier molecular flexibility index (Phi) is 5.17. The number of hydrogen-bond donors (Lipinski definition) is 1. The molecule has 0 bridgehead atoms. The molecule has 0 aliphatic carbocycles. The molecule has 1 atom stereocenters. The topological polar surface area (TPSA) is 24.9 Å². The zero-order valence-corrected chi connectivity index (χ0v) is 12.0. The minimum absolute atomic E-state index is 0.448. The molecule has 0 saturated carbocycles. The zero-order valence-electron chi connectivity index (χ0n) is 10.4. The number of nitrogens with one attached hydrogen (secondary N) is 1. The Balaban J connectivity index is 1.73.